The van der Waals surface area contributed by atoms with E-state index in [-0.39, 0.29) is 36.6 Å². The summed E-state index contributed by atoms with van der Waals surface area (Å²) in [6.07, 6.45) is -2.27. The van der Waals surface area contributed by atoms with Crippen molar-refractivity contribution in [1.29, 1.82) is 0 Å². The van der Waals surface area contributed by atoms with Crippen LogP contribution in [0, 0.1) is 13.8 Å². The maximum absolute atomic E-state index is 12.8. The van der Waals surface area contributed by atoms with Crippen molar-refractivity contribution in [2.45, 2.75) is 35.8 Å². The van der Waals surface area contributed by atoms with Crippen LogP contribution in [0.2, 0.25) is 0 Å². The highest BCUT2D eigenvalue weighted by Gasteiger charge is 2.30. The molecule has 0 unspecified atom stereocenters. The Bertz CT molecular complexity index is 1090. The zero-order valence-electron chi connectivity index (χ0n) is 23.1. The lowest BCUT2D eigenvalue weighted by atomic mass is 10.2. The van der Waals surface area contributed by atoms with E-state index >= 15 is 0 Å². The number of aryl methyl sites for hydroxylation is 2. The Morgan fingerprint density at radius 2 is 0.925 bits per heavy atom. The Kier molecular flexibility index (Phi) is 15.2. The van der Waals surface area contributed by atoms with Gasteiger partial charge in [-0.15, -0.1) is 0 Å². The Morgan fingerprint density at radius 1 is 0.575 bits per heavy atom. The lowest BCUT2D eigenvalue weighted by Gasteiger charge is -2.27. The van der Waals surface area contributed by atoms with Crippen molar-refractivity contribution in [3.8, 4) is 0 Å². The second-order valence-corrected chi connectivity index (χ2v) is 11.8. The maximum atomic E-state index is 12.8. The molecule has 0 aliphatic rings. The van der Waals surface area contributed by atoms with Gasteiger partial charge in [0.15, 0.2) is 0 Å². The third kappa shape index (κ3) is 12.3. The molecule has 0 aliphatic heterocycles. The number of methoxy groups -OCH3 is 2. The Morgan fingerprint density at radius 3 is 1.25 bits per heavy atom. The van der Waals surface area contributed by atoms with Gasteiger partial charge in [-0.25, -0.2) is 0 Å². The first-order chi connectivity index (χ1) is 19.1. The molecule has 2 atom stereocenters. The van der Waals surface area contributed by atoms with Crippen LogP contribution in [0.5, 0.6) is 0 Å². The summed E-state index contributed by atoms with van der Waals surface area (Å²) in [6.45, 7) is 3.05. The molecule has 0 aliphatic carbocycles. The van der Waals surface area contributed by atoms with Crippen LogP contribution in [0.25, 0.3) is 0 Å². The number of benzene rings is 2. The molecule has 0 N–H and O–H groups in total. The first-order valence-electron chi connectivity index (χ1n) is 12.4. The SMILES string of the molecule is COCCOCO[C@@H](COS(=O)(=O)c1ccc(C)cc1)[C@H](COS(=O)(=O)c1ccc(C)cc1)OCOCCOC. The molecule has 0 spiro atoms. The number of hydrogen-bond acceptors (Lipinski definition) is 12. The van der Waals surface area contributed by atoms with Crippen LogP contribution in [-0.4, -0.2) is 96.5 Å². The molecule has 0 fully saturated rings. The van der Waals surface area contributed by atoms with Crippen LogP contribution in [0.1, 0.15) is 11.1 Å². The Hall–Kier alpha value is -1.98. The van der Waals surface area contributed by atoms with Gasteiger partial charge in [-0.05, 0) is 38.1 Å². The summed E-state index contributed by atoms with van der Waals surface area (Å²) in [5.41, 5.74) is 1.75. The van der Waals surface area contributed by atoms with Crippen LogP contribution >= 0.6 is 0 Å². The third-order valence-electron chi connectivity index (χ3n) is 5.40. The van der Waals surface area contributed by atoms with E-state index in [0.29, 0.717) is 13.2 Å². The van der Waals surface area contributed by atoms with Crippen molar-refractivity contribution in [2.24, 2.45) is 0 Å². The van der Waals surface area contributed by atoms with Gasteiger partial charge in [0.2, 0.25) is 0 Å². The van der Waals surface area contributed by atoms with Gasteiger partial charge < -0.3 is 28.4 Å². The normalized spacial score (nSPS) is 13.8. The number of rotatable bonds is 21. The fraction of sp³-hybridized carbons (Fsp3) is 0.538. The van der Waals surface area contributed by atoms with E-state index in [1.807, 2.05) is 13.8 Å². The van der Waals surface area contributed by atoms with E-state index in [0.717, 1.165) is 11.1 Å². The predicted molar refractivity (Wildman–Crippen MR) is 144 cm³/mol. The molecule has 0 saturated heterocycles. The summed E-state index contributed by atoms with van der Waals surface area (Å²) in [7, 11) is -5.32. The van der Waals surface area contributed by atoms with Crippen molar-refractivity contribution in [3.63, 3.8) is 0 Å². The minimum absolute atomic E-state index is 0.0493. The van der Waals surface area contributed by atoms with Crippen LogP contribution in [0.3, 0.4) is 0 Å². The van der Waals surface area contributed by atoms with Gasteiger partial charge >= 0.3 is 0 Å². The van der Waals surface area contributed by atoms with Gasteiger partial charge in [-0.1, -0.05) is 35.4 Å². The summed E-state index contributed by atoms with van der Waals surface area (Å²) in [5, 5.41) is 0. The molecule has 0 bridgehead atoms. The van der Waals surface area contributed by atoms with E-state index in [9.17, 15) is 16.8 Å². The lowest BCUT2D eigenvalue weighted by Crippen LogP contribution is -2.41. The molecule has 40 heavy (non-hydrogen) atoms. The summed E-state index contributed by atoms with van der Waals surface area (Å²) in [4.78, 5) is -0.0986. The highest BCUT2D eigenvalue weighted by atomic mass is 32.2. The highest BCUT2D eigenvalue weighted by molar-refractivity contribution is 7.87. The summed E-state index contributed by atoms with van der Waals surface area (Å²) < 4.78 is 93.8. The van der Waals surface area contributed by atoms with Crippen LogP contribution in [-0.2, 0) is 57.0 Å². The fourth-order valence-electron chi connectivity index (χ4n) is 3.06. The molecule has 0 aromatic heterocycles. The fourth-order valence-corrected chi connectivity index (χ4v) is 4.90. The van der Waals surface area contributed by atoms with E-state index in [2.05, 4.69) is 0 Å². The van der Waals surface area contributed by atoms with Crippen molar-refractivity contribution >= 4 is 20.2 Å². The molecule has 0 amide bonds. The molecule has 226 valence electrons. The molecule has 2 aromatic carbocycles. The molecular weight excluding hydrogens is 568 g/mol. The molecule has 14 heteroatoms. The summed E-state index contributed by atoms with van der Waals surface area (Å²) in [5.74, 6) is 0. The average molecular weight is 607 g/mol. The summed E-state index contributed by atoms with van der Waals surface area (Å²) in [6, 6.07) is 12.2. The number of ether oxygens (including phenoxy) is 6. The average Bonchev–Trinajstić information content (AvgIpc) is 2.92. The lowest BCUT2D eigenvalue weighted by molar-refractivity contribution is -0.183. The molecular formula is C26H38O12S2. The molecule has 0 heterocycles. The zero-order valence-corrected chi connectivity index (χ0v) is 24.8. The minimum Gasteiger partial charge on any atom is -0.382 e. The smallest absolute Gasteiger partial charge is 0.297 e. The van der Waals surface area contributed by atoms with Crippen molar-refractivity contribution in [3.05, 3.63) is 59.7 Å². The molecule has 12 nitrogen and oxygen atoms in total. The molecule has 0 saturated carbocycles. The second-order valence-electron chi connectivity index (χ2n) is 8.55. The van der Waals surface area contributed by atoms with Gasteiger partial charge in [-0.3, -0.25) is 8.37 Å². The highest BCUT2D eigenvalue weighted by Crippen LogP contribution is 2.18. The quantitative estimate of drug-likeness (QED) is 0.117. The largest absolute Gasteiger partial charge is 0.382 e. The molecule has 0 radical (unpaired) electrons. The monoisotopic (exact) mass is 606 g/mol. The summed E-state index contributed by atoms with van der Waals surface area (Å²) >= 11 is 0. The van der Waals surface area contributed by atoms with Gasteiger partial charge in [0, 0.05) is 14.2 Å². The van der Waals surface area contributed by atoms with E-state index in [1.165, 1.54) is 38.5 Å². The number of hydrogen-bond donors (Lipinski definition) is 0. The standard InChI is InChI=1S/C26H38O12S2/c1-21-5-9-23(10-6-21)39(27,28)37-17-25(35-19-33-15-13-31-3)26(36-20-34-16-14-32-4)18-38-40(29,30)24-11-7-22(2)8-12-24/h5-12,25-26H,13-20H2,1-4H3/t25-,26-/m0/s1. The first kappa shape index (κ1) is 34.2. The van der Waals surface area contributed by atoms with Crippen molar-refractivity contribution in [1.82, 2.24) is 0 Å². The van der Waals surface area contributed by atoms with E-state index < -0.39 is 45.7 Å². The third-order valence-corrected chi connectivity index (χ3v) is 8.00. The maximum Gasteiger partial charge on any atom is 0.297 e. The van der Waals surface area contributed by atoms with Crippen LogP contribution in [0.4, 0.5) is 0 Å². The minimum atomic E-state index is -4.17. The first-order valence-corrected chi connectivity index (χ1v) is 15.2. The van der Waals surface area contributed by atoms with Crippen LogP contribution in [0.15, 0.2) is 58.3 Å². The zero-order chi connectivity index (χ0) is 29.4. The van der Waals surface area contributed by atoms with Gasteiger partial charge in [-0.2, -0.15) is 16.8 Å². The topological polar surface area (TPSA) is 142 Å². The Balaban J connectivity index is 2.20. The van der Waals surface area contributed by atoms with E-state index in [1.54, 1.807) is 24.3 Å². The van der Waals surface area contributed by atoms with Crippen molar-refractivity contribution < 1.29 is 53.6 Å². The molecule has 2 rings (SSSR count). The van der Waals surface area contributed by atoms with E-state index in [4.69, 9.17) is 36.8 Å². The van der Waals surface area contributed by atoms with Crippen molar-refractivity contribution in [2.75, 3.05) is 67.4 Å². The van der Waals surface area contributed by atoms with Gasteiger partial charge in [0.05, 0.1) is 49.4 Å². The van der Waals surface area contributed by atoms with Gasteiger partial charge in [0.25, 0.3) is 20.2 Å². The Labute approximate surface area is 236 Å². The van der Waals surface area contributed by atoms with Gasteiger partial charge in [0.1, 0.15) is 25.8 Å². The molecule has 2 aromatic rings. The predicted octanol–water partition coefficient (Wildman–Crippen LogP) is 2.43. The van der Waals surface area contributed by atoms with Crippen LogP contribution < -0.4 is 0 Å². The second kappa shape index (κ2) is 17.7.